The van der Waals surface area contributed by atoms with E-state index in [2.05, 4.69) is 13.8 Å². The number of ether oxygens (including phenoxy) is 2. The van der Waals surface area contributed by atoms with E-state index >= 15 is 0 Å². The van der Waals surface area contributed by atoms with E-state index < -0.39 is 0 Å². The van der Waals surface area contributed by atoms with E-state index in [-0.39, 0.29) is 13.2 Å². The Bertz CT molecular complexity index is 271. The molecule has 0 atom stereocenters. The lowest BCUT2D eigenvalue weighted by Crippen LogP contribution is -2.00. The molecule has 0 spiro atoms. The lowest BCUT2D eigenvalue weighted by molar-refractivity contribution is 0.0895. The largest absolute Gasteiger partial charge is 0.394 e. The monoisotopic (exact) mass is 474 g/mol. The molecule has 0 heterocycles. The van der Waals surface area contributed by atoms with E-state index in [4.69, 9.17) is 19.7 Å². The van der Waals surface area contributed by atoms with Gasteiger partial charge in [-0.1, -0.05) is 136 Å². The SMILES string of the molecule is CCCCCCCCCCCCCOCCO.CCCCCCCCCCCCOCCO. The first-order valence-corrected chi connectivity index (χ1v) is 14.7. The van der Waals surface area contributed by atoms with Gasteiger partial charge in [-0.2, -0.15) is 0 Å². The van der Waals surface area contributed by atoms with E-state index in [0.717, 1.165) is 26.1 Å². The van der Waals surface area contributed by atoms with Gasteiger partial charge >= 0.3 is 0 Å². The highest BCUT2D eigenvalue weighted by Gasteiger charge is 1.94. The fraction of sp³-hybridized carbons (Fsp3) is 1.00. The number of rotatable bonds is 27. The Morgan fingerprint density at radius 2 is 0.576 bits per heavy atom. The maximum Gasteiger partial charge on any atom is 0.0697 e. The normalized spacial score (nSPS) is 10.9. The van der Waals surface area contributed by atoms with Crippen molar-refractivity contribution in [3.8, 4) is 0 Å². The van der Waals surface area contributed by atoms with Gasteiger partial charge in [0.1, 0.15) is 0 Å². The Kier molecular flexibility index (Phi) is 38.6. The smallest absolute Gasteiger partial charge is 0.0697 e. The van der Waals surface area contributed by atoms with Crippen LogP contribution in [0.4, 0.5) is 0 Å². The van der Waals surface area contributed by atoms with Gasteiger partial charge in [0.25, 0.3) is 0 Å². The predicted molar refractivity (Wildman–Crippen MR) is 144 cm³/mol. The fourth-order valence-electron chi connectivity index (χ4n) is 3.89. The third-order valence-corrected chi connectivity index (χ3v) is 6.01. The standard InChI is InChI=1S/C15H32O2.C14H30O2/c1-2-3-4-5-6-7-8-9-10-11-12-14-17-15-13-16;1-2-3-4-5-6-7-8-9-10-11-13-16-14-12-15/h16H,2-15H2,1H3;15H,2-14H2,1H3. The Balaban J connectivity index is 0. The molecule has 2 N–H and O–H groups in total. The van der Waals surface area contributed by atoms with E-state index in [1.54, 1.807) is 0 Å². The van der Waals surface area contributed by atoms with Crippen LogP contribution in [0.1, 0.15) is 149 Å². The molecular formula is C29H62O4. The van der Waals surface area contributed by atoms with Crippen molar-refractivity contribution in [2.75, 3.05) is 39.6 Å². The van der Waals surface area contributed by atoms with E-state index in [1.165, 1.54) is 122 Å². The van der Waals surface area contributed by atoms with Crippen LogP contribution < -0.4 is 0 Å². The first-order chi connectivity index (χ1) is 16.3. The van der Waals surface area contributed by atoms with Crippen molar-refractivity contribution in [3.63, 3.8) is 0 Å². The molecule has 0 aromatic heterocycles. The highest BCUT2D eigenvalue weighted by atomic mass is 16.5. The zero-order chi connectivity index (χ0) is 24.5. The molecule has 0 aliphatic rings. The quantitative estimate of drug-likeness (QED) is 0.118. The number of aliphatic hydroxyl groups is 2. The average molecular weight is 475 g/mol. The van der Waals surface area contributed by atoms with Gasteiger partial charge in [-0.25, -0.2) is 0 Å². The van der Waals surface area contributed by atoms with Crippen LogP contribution in [0.25, 0.3) is 0 Å². The minimum atomic E-state index is 0.151. The molecule has 4 nitrogen and oxygen atoms in total. The molecule has 0 unspecified atom stereocenters. The second-order valence-electron chi connectivity index (χ2n) is 9.39. The molecule has 0 amide bonds. The second-order valence-corrected chi connectivity index (χ2v) is 9.39. The number of hydrogen-bond acceptors (Lipinski definition) is 4. The maximum absolute atomic E-state index is 8.52. The summed E-state index contributed by atoms with van der Waals surface area (Å²) in [6.07, 6.45) is 28.6. The van der Waals surface area contributed by atoms with E-state index in [9.17, 15) is 0 Å². The molecule has 0 aromatic carbocycles. The van der Waals surface area contributed by atoms with Crippen LogP contribution in [0.3, 0.4) is 0 Å². The lowest BCUT2D eigenvalue weighted by atomic mass is 10.1. The van der Waals surface area contributed by atoms with Crippen LogP contribution in [-0.4, -0.2) is 49.9 Å². The van der Waals surface area contributed by atoms with Crippen molar-refractivity contribution >= 4 is 0 Å². The van der Waals surface area contributed by atoms with Crippen LogP contribution in [0.15, 0.2) is 0 Å². The molecule has 0 aliphatic carbocycles. The van der Waals surface area contributed by atoms with E-state index in [1.807, 2.05) is 0 Å². The summed E-state index contributed by atoms with van der Waals surface area (Å²) in [4.78, 5) is 0. The van der Waals surface area contributed by atoms with Gasteiger partial charge in [-0.15, -0.1) is 0 Å². The van der Waals surface area contributed by atoms with Crippen LogP contribution in [0.5, 0.6) is 0 Å². The summed E-state index contributed by atoms with van der Waals surface area (Å²) in [6, 6.07) is 0. The first kappa shape index (κ1) is 35.0. The molecule has 202 valence electrons. The second kappa shape index (κ2) is 36.4. The fourth-order valence-corrected chi connectivity index (χ4v) is 3.89. The highest BCUT2D eigenvalue weighted by Crippen LogP contribution is 2.11. The molecule has 0 fully saturated rings. The van der Waals surface area contributed by atoms with Gasteiger partial charge in [0.15, 0.2) is 0 Å². The van der Waals surface area contributed by atoms with Crippen molar-refractivity contribution < 1.29 is 19.7 Å². The maximum atomic E-state index is 8.52. The summed E-state index contributed by atoms with van der Waals surface area (Å²) >= 11 is 0. The first-order valence-electron chi connectivity index (χ1n) is 14.7. The Hall–Kier alpha value is -0.160. The zero-order valence-electron chi connectivity index (χ0n) is 22.8. The molecule has 33 heavy (non-hydrogen) atoms. The van der Waals surface area contributed by atoms with Crippen molar-refractivity contribution in [1.82, 2.24) is 0 Å². The number of aliphatic hydroxyl groups excluding tert-OH is 2. The highest BCUT2D eigenvalue weighted by molar-refractivity contribution is 4.48. The topological polar surface area (TPSA) is 58.9 Å². The minimum absolute atomic E-state index is 0.151. The Morgan fingerprint density at radius 3 is 0.818 bits per heavy atom. The molecular weight excluding hydrogens is 412 g/mol. The van der Waals surface area contributed by atoms with Gasteiger partial charge in [-0.3, -0.25) is 0 Å². The molecule has 0 radical (unpaired) electrons. The van der Waals surface area contributed by atoms with Crippen molar-refractivity contribution in [3.05, 3.63) is 0 Å². The van der Waals surface area contributed by atoms with Crippen LogP contribution in [0, 0.1) is 0 Å². The summed E-state index contributed by atoms with van der Waals surface area (Å²) < 4.78 is 10.4. The van der Waals surface area contributed by atoms with Crippen LogP contribution in [-0.2, 0) is 9.47 Å². The number of hydrogen-bond donors (Lipinski definition) is 2. The zero-order valence-corrected chi connectivity index (χ0v) is 22.8. The third-order valence-electron chi connectivity index (χ3n) is 6.01. The predicted octanol–water partition coefficient (Wildman–Crippen LogP) is 8.22. The molecule has 0 bridgehead atoms. The lowest BCUT2D eigenvalue weighted by Gasteiger charge is -2.03. The molecule has 0 aromatic rings. The van der Waals surface area contributed by atoms with Crippen molar-refractivity contribution in [2.45, 2.75) is 149 Å². The molecule has 0 rings (SSSR count). The van der Waals surface area contributed by atoms with Gasteiger partial charge in [0, 0.05) is 13.2 Å². The number of unbranched alkanes of at least 4 members (excludes halogenated alkanes) is 19. The van der Waals surface area contributed by atoms with Crippen molar-refractivity contribution in [2.24, 2.45) is 0 Å². The van der Waals surface area contributed by atoms with Gasteiger partial charge < -0.3 is 19.7 Å². The third kappa shape index (κ3) is 39.4. The Morgan fingerprint density at radius 1 is 0.333 bits per heavy atom. The summed E-state index contributed by atoms with van der Waals surface area (Å²) in [5.74, 6) is 0. The van der Waals surface area contributed by atoms with Crippen LogP contribution >= 0.6 is 0 Å². The molecule has 4 heteroatoms. The summed E-state index contributed by atoms with van der Waals surface area (Å²) in [5.41, 5.74) is 0. The molecule has 0 saturated heterocycles. The summed E-state index contributed by atoms with van der Waals surface area (Å²) in [6.45, 7) is 7.46. The van der Waals surface area contributed by atoms with E-state index in [0.29, 0.717) is 13.2 Å². The average Bonchev–Trinajstić information content (AvgIpc) is 2.83. The minimum Gasteiger partial charge on any atom is -0.394 e. The van der Waals surface area contributed by atoms with Gasteiger partial charge in [0.05, 0.1) is 26.4 Å². The van der Waals surface area contributed by atoms with Crippen LogP contribution in [0.2, 0.25) is 0 Å². The summed E-state index contributed by atoms with van der Waals surface area (Å²) in [5, 5.41) is 17.0. The van der Waals surface area contributed by atoms with Crippen molar-refractivity contribution in [1.29, 1.82) is 0 Å². The van der Waals surface area contributed by atoms with Gasteiger partial charge in [0.2, 0.25) is 0 Å². The van der Waals surface area contributed by atoms with Gasteiger partial charge in [-0.05, 0) is 12.8 Å². The molecule has 0 aliphatic heterocycles. The summed E-state index contributed by atoms with van der Waals surface area (Å²) in [7, 11) is 0. The molecule has 0 saturated carbocycles. The Labute approximate surface area is 208 Å².